The summed E-state index contributed by atoms with van der Waals surface area (Å²) < 4.78 is 1.68. The number of amides is 1. The molecule has 6 nitrogen and oxygen atoms in total. The van der Waals surface area contributed by atoms with Crippen molar-refractivity contribution in [3.05, 3.63) is 41.2 Å². The summed E-state index contributed by atoms with van der Waals surface area (Å²) in [5.74, 6) is -0.318. The van der Waals surface area contributed by atoms with Crippen LogP contribution in [-0.4, -0.2) is 25.7 Å². The van der Waals surface area contributed by atoms with Gasteiger partial charge in [-0.3, -0.25) is 14.5 Å². The maximum Gasteiger partial charge on any atom is 0.271 e. The number of nitrogens with zero attached hydrogens (tertiary/aromatic N) is 4. The molecule has 7 heteroatoms. The summed E-state index contributed by atoms with van der Waals surface area (Å²) in [5, 5.41) is 6.90. The third-order valence-corrected chi connectivity index (χ3v) is 2.37. The van der Waals surface area contributed by atoms with Crippen molar-refractivity contribution in [3.63, 3.8) is 0 Å². The van der Waals surface area contributed by atoms with E-state index < -0.39 is 0 Å². The van der Waals surface area contributed by atoms with Gasteiger partial charge < -0.3 is 5.32 Å². The van der Waals surface area contributed by atoms with Gasteiger partial charge in [-0.15, -0.1) is 0 Å². The Hall–Kier alpha value is -1.95. The number of hydrogen-bond acceptors (Lipinski definition) is 4. The molecular weight excluding hydrogens is 242 g/mol. The Labute approximate surface area is 103 Å². The van der Waals surface area contributed by atoms with Gasteiger partial charge in [0.05, 0.1) is 24.6 Å². The van der Waals surface area contributed by atoms with Gasteiger partial charge in [-0.2, -0.15) is 5.10 Å². The molecule has 88 valence electrons. The first-order chi connectivity index (χ1) is 8.16. The van der Waals surface area contributed by atoms with Gasteiger partial charge in [0.2, 0.25) is 0 Å². The summed E-state index contributed by atoms with van der Waals surface area (Å²) >= 11 is 5.65. The summed E-state index contributed by atoms with van der Waals surface area (Å²) in [6.45, 7) is 0.378. The van der Waals surface area contributed by atoms with Crippen LogP contribution in [0.2, 0.25) is 5.15 Å². The fraction of sp³-hybridized carbons (Fsp3) is 0.200. The maximum absolute atomic E-state index is 11.7. The smallest absolute Gasteiger partial charge is 0.271 e. The van der Waals surface area contributed by atoms with E-state index in [2.05, 4.69) is 20.4 Å². The quantitative estimate of drug-likeness (QED) is 0.876. The molecule has 2 heterocycles. The summed E-state index contributed by atoms with van der Waals surface area (Å²) in [6.07, 6.45) is 4.41. The first-order valence-electron chi connectivity index (χ1n) is 4.89. The van der Waals surface area contributed by atoms with Crippen molar-refractivity contribution in [1.82, 2.24) is 25.1 Å². The van der Waals surface area contributed by atoms with Crippen LogP contribution in [-0.2, 0) is 13.6 Å². The predicted molar refractivity (Wildman–Crippen MR) is 61.4 cm³/mol. The number of halogens is 1. The number of aryl methyl sites for hydroxylation is 1. The minimum atomic E-state index is -0.318. The fourth-order valence-electron chi connectivity index (χ4n) is 1.29. The second-order valence-corrected chi connectivity index (χ2v) is 3.74. The number of rotatable bonds is 3. The van der Waals surface area contributed by atoms with E-state index in [-0.39, 0.29) is 16.8 Å². The molecule has 0 aliphatic carbocycles. The largest absolute Gasteiger partial charge is 0.345 e. The lowest BCUT2D eigenvalue weighted by atomic mass is 10.4. The highest BCUT2D eigenvalue weighted by Crippen LogP contribution is 2.03. The summed E-state index contributed by atoms with van der Waals surface area (Å²) in [5.41, 5.74) is 1.09. The zero-order valence-electron chi connectivity index (χ0n) is 9.09. The number of aromatic nitrogens is 4. The van der Waals surface area contributed by atoms with Crippen LogP contribution in [0.25, 0.3) is 0 Å². The average Bonchev–Trinajstić information content (AvgIpc) is 2.72. The van der Waals surface area contributed by atoms with Gasteiger partial charge in [-0.1, -0.05) is 11.6 Å². The average molecular weight is 252 g/mol. The Kier molecular flexibility index (Phi) is 3.34. The third-order valence-electron chi connectivity index (χ3n) is 2.19. The maximum atomic E-state index is 11.7. The van der Waals surface area contributed by atoms with Crippen molar-refractivity contribution in [2.24, 2.45) is 7.05 Å². The number of nitrogens with one attached hydrogen (secondary N) is 1. The lowest BCUT2D eigenvalue weighted by Crippen LogP contribution is -2.25. The molecule has 2 aromatic rings. The highest BCUT2D eigenvalue weighted by atomic mass is 35.5. The molecule has 0 unspecified atom stereocenters. The van der Waals surface area contributed by atoms with E-state index >= 15 is 0 Å². The summed E-state index contributed by atoms with van der Waals surface area (Å²) in [6, 6.07) is 1.82. The second kappa shape index (κ2) is 4.92. The van der Waals surface area contributed by atoms with Gasteiger partial charge in [0.1, 0.15) is 10.8 Å². The predicted octanol–water partition coefficient (Wildman–Crippen LogP) is 0.794. The Balaban J connectivity index is 2.01. The van der Waals surface area contributed by atoms with E-state index in [1.54, 1.807) is 17.9 Å². The van der Waals surface area contributed by atoms with Gasteiger partial charge in [-0.25, -0.2) is 4.98 Å². The topological polar surface area (TPSA) is 72.7 Å². The van der Waals surface area contributed by atoms with Crippen LogP contribution >= 0.6 is 11.6 Å². The molecule has 0 fully saturated rings. The van der Waals surface area contributed by atoms with E-state index in [9.17, 15) is 4.79 Å². The van der Waals surface area contributed by atoms with Crippen LogP contribution in [0.1, 0.15) is 16.2 Å². The van der Waals surface area contributed by atoms with Crippen molar-refractivity contribution in [2.45, 2.75) is 6.54 Å². The molecule has 0 radical (unpaired) electrons. The van der Waals surface area contributed by atoms with Crippen molar-refractivity contribution >= 4 is 17.5 Å². The zero-order valence-corrected chi connectivity index (χ0v) is 9.85. The summed E-state index contributed by atoms with van der Waals surface area (Å²) in [7, 11) is 1.81. The van der Waals surface area contributed by atoms with E-state index in [1.807, 2.05) is 6.07 Å². The molecular formula is C10H10ClN5O. The highest BCUT2D eigenvalue weighted by molar-refractivity contribution is 6.29. The molecule has 0 bridgehead atoms. The molecule has 0 aliphatic rings. The third kappa shape index (κ3) is 2.79. The molecule has 0 atom stereocenters. The van der Waals surface area contributed by atoms with E-state index in [4.69, 9.17) is 11.6 Å². The van der Waals surface area contributed by atoms with Crippen LogP contribution in [0, 0.1) is 0 Å². The molecule has 1 amide bonds. The standard InChI is InChI=1S/C10H10ClN5O/c1-16-7(2-3-14-16)4-13-10(17)8-5-12-6-9(11)15-8/h2-3,5-6H,4H2,1H3,(H,13,17). The Morgan fingerprint density at radius 2 is 2.35 bits per heavy atom. The molecule has 0 aliphatic heterocycles. The Morgan fingerprint density at radius 1 is 1.53 bits per heavy atom. The minimum Gasteiger partial charge on any atom is -0.345 e. The fourth-order valence-corrected chi connectivity index (χ4v) is 1.44. The lowest BCUT2D eigenvalue weighted by molar-refractivity contribution is 0.0944. The molecule has 0 spiro atoms. The minimum absolute atomic E-state index is 0.193. The first kappa shape index (κ1) is 11.5. The van der Waals surface area contributed by atoms with Crippen molar-refractivity contribution in [3.8, 4) is 0 Å². The van der Waals surface area contributed by atoms with E-state index in [1.165, 1.54) is 12.4 Å². The lowest BCUT2D eigenvalue weighted by Gasteiger charge is -2.04. The molecule has 2 aromatic heterocycles. The highest BCUT2D eigenvalue weighted by Gasteiger charge is 2.08. The van der Waals surface area contributed by atoms with E-state index in [0.717, 1.165) is 5.69 Å². The number of carbonyl (C=O) groups excluding carboxylic acids is 1. The zero-order chi connectivity index (χ0) is 12.3. The Morgan fingerprint density at radius 3 is 3.00 bits per heavy atom. The second-order valence-electron chi connectivity index (χ2n) is 3.36. The molecule has 0 aromatic carbocycles. The number of hydrogen-bond donors (Lipinski definition) is 1. The van der Waals surface area contributed by atoms with Gasteiger partial charge in [0, 0.05) is 13.2 Å². The van der Waals surface area contributed by atoms with Crippen molar-refractivity contribution in [2.75, 3.05) is 0 Å². The van der Waals surface area contributed by atoms with E-state index in [0.29, 0.717) is 6.54 Å². The normalized spacial score (nSPS) is 10.2. The molecule has 1 N–H and O–H groups in total. The van der Waals surface area contributed by atoms with Crippen LogP contribution in [0.15, 0.2) is 24.7 Å². The van der Waals surface area contributed by atoms with Crippen molar-refractivity contribution in [1.29, 1.82) is 0 Å². The van der Waals surface area contributed by atoms with Gasteiger partial charge in [0.15, 0.2) is 0 Å². The Bertz CT molecular complexity index is 539. The molecule has 2 rings (SSSR count). The monoisotopic (exact) mass is 251 g/mol. The summed E-state index contributed by atoms with van der Waals surface area (Å²) in [4.78, 5) is 19.4. The van der Waals surface area contributed by atoms with Crippen molar-refractivity contribution < 1.29 is 4.79 Å². The van der Waals surface area contributed by atoms with Crippen LogP contribution in [0.5, 0.6) is 0 Å². The van der Waals surface area contributed by atoms with Crippen LogP contribution in [0.3, 0.4) is 0 Å². The molecule has 0 saturated heterocycles. The van der Waals surface area contributed by atoms with Gasteiger partial charge in [-0.05, 0) is 6.07 Å². The van der Waals surface area contributed by atoms with Gasteiger partial charge in [0.25, 0.3) is 5.91 Å². The van der Waals surface area contributed by atoms with Crippen LogP contribution < -0.4 is 5.32 Å². The van der Waals surface area contributed by atoms with Gasteiger partial charge >= 0.3 is 0 Å². The SMILES string of the molecule is Cn1nccc1CNC(=O)c1cncc(Cl)n1. The molecule has 0 saturated carbocycles. The van der Waals surface area contributed by atoms with Crippen LogP contribution in [0.4, 0.5) is 0 Å². The molecule has 17 heavy (non-hydrogen) atoms. The first-order valence-corrected chi connectivity index (χ1v) is 5.27. The number of carbonyl (C=O) groups is 1.